The summed E-state index contributed by atoms with van der Waals surface area (Å²) < 4.78 is 4.96. The Balaban J connectivity index is 2.28. The smallest absolute Gasteiger partial charge is 0.136 e. The minimum absolute atomic E-state index is 0.377. The summed E-state index contributed by atoms with van der Waals surface area (Å²) in [5.41, 5.74) is 0.915. The average molecular weight is 174 g/mol. The van der Waals surface area contributed by atoms with Gasteiger partial charge >= 0.3 is 0 Å². The fourth-order valence-corrected chi connectivity index (χ4v) is 1.34. The van der Waals surface area contributed by atoms with Gasteiger partial charge in [-0.25, -0.2) is 0 Å². The molecule has 0 amide bonds. The predicted molar refractivity (Wildman–Crippen MR) is 49.1 cm³/mol. The van der Waals surface area contributed by atoms with E-state index >= 15 is 0 Å². The minimum atomic E-state index is -0.785. The molecule has 1 N–H and O–H groups in total. The van der Waals surface area contributed by atoms with Crippen molar-refractivity contribution >= 4 is 0 Å². The Bertz CT molecular complexity index is 341. The number of hydrogen-bond acceptors (Lipinski definition) is 2. The lowest BCUT2D eigenvalue weighted by Crippen LogP contribution is -2.46. The van der Waals surface area contributed by atoms with Crippen LogP contribution in [0.3, 0.4) is 0 Å². The molecule has 2 rings (SSSR count). The molecule has 0 saturated carbocycles. The summed E-state index contributed by atoms with van der Waals surface area (Å²) in [5.74, 6) is 2.53. The molecular weight excluding hydrogens is 164 g/mol. The molecule has 2 nitrogen and oxygen atoms in total. The molecule has 0 unspecified atom stereocenters. The molecule has 1 aliphatic heterocycles. The highest BCUT2D eigenvalue weighted by molar-refractivity contribution is 5.36. The largest absolute Gasteiger partial charge is 0.380 e. The Morgan fingerprint density at radius 2 is 1.92 bits per heavy atom. The summed E-state index contributed by atoms with van der Waals surface area (Å²) >= 11 is 0. The van der Waals surface area contributed by atoms with Gasteiger partial charge in [-0.2, -0.15) is 0 Å². The first-order valence-electron chi connectivity index (χ1n) is 4.12. The Hall–Kier alpha value is -1.30. The van der Waals surface area contributed by atoms with Gasteiger partial charge in [0.05, 0.1) is 13.2 Å². The normalized spacial score (nSPS) is 18.8. The predicted octanol–water partition coefficient (Wildman–Crippen LogP) is 0.886. The van der Waals surface area contributed by atoms with E-state index in [1.165, 1.54) is 0 Å². The molecule has 0 aliphatic carbocycles. The van der Waals surface area contributed by atoms with Crippen LogP contribution in [0.25, 0.3) is 0 Å². The standard InChI is InChI=1S/C11H10O2/c1-2-9-3-5-10(6-4-9)11(12)7-13-8-11/h1,3-6,12H,7-8H2. The van der Waals surface area contributed by atoms with Crippen LogP contribution in [0.5, 0.6) is 0 Å². The maximum Gasteiger partial charge on any atom is 0.136 e. The van der Waals surface area contributed by atoms with Gasteiger partial charge in [0.2, 0.25) is 0 Å². The third kappa shape index (κ3) is 1.33. The van der Waals surface area contributed by atoms with Gasteiger partial charge in [0, 0.05) is 5.56 Å². The maximum absolute atomic E-state index is 9.87. The molecule has 66 valence electrons. The molecular formula is C11H10O2. The summed E-state index contributed by atoms with van der Waals surface area (Å²) in [6.45, 7) is 0.755. The lowest BCUT2D eigenvalue weighted by molar-refractivity contribution is -0.184. The zero-order valence-corrected chi connectivity index (χ0v) is 7.16. The Morgan fingerprint density at radius 3 is 2.31 bits per heavy atom. The van der Waals surface area contributed by atoms with E-state index in [2.05, 4.69) is 5.92 Å². The first-order valence-corrected chi connectivity index (χ1v) is 4.12. The van der Waals surface area contributed by atoms with Crippen molar-refractivity contribution in [1.82, 2.24) is 0 Å². The van der Waals surface area contributed by atoms with E-state index < -0.39 is 5.60 Å². The lowest BCUT2D eigenvalue weighted by atomic mass is 9.91. The fraction of sp³-hybridized carbons (Fsp3) is 0.273. The van der Waals surface area contributed by atoms with Gasteiger partial charge < -0.3 is 9.84 Å². The molecule has 1 aromatic carbocycles. The summed E-state index contributed by atoms with van der Waals surface area (Å²) in [5, 5.41) is 9.87. The number of aliphatic hydroxyl groups is 1. The van der Waals surface area contributed by atoms with Crippen molar-refractivity contribution in [2.24, 2.45) is 0 Å². The highest BCUT2D eigenvalue weighted by atomic mass is 16.5. The van der Waals surface area contributed by atoms with Crippen molar-refractivity contribution in [3.8, 4) is 12.3 Å². The Kier molecular flexibility index (Phi) is 1.84. The fourth-order valence-electron chi connectivity index (χ4n) is 1.34. The summed E-state index contributed by atoms with van der Waals surface area (Å²) in [7, 11) is 0. The number of ether oxygens (including phenoxy) is 1. The second-order valence-corrected chi connectivity index (χ2v) is 3.25. The molecule has 13 heavy (non-hydrogen) atoms. The van der Waals surface area contributed by atoms with Gasteiger partial charge in [-0.3, -0.25) is 0 Å². The highest BCUT2D eigenvalue weighted by Crippen LogP contribution is 2.28. The van der Waals surface area contributed by atoms with Crippen LogP contribution < -0.4 is 0 Å². The monoisotopic (exact) mass is 174 g/mol. The molecule has 1 aliphatic rings. The van der Waals surface area contributed by atoms with Crippen LogP contribution in [-0.2, 0) is 10.3 Å². The van der Waals surface area contributed by atoms with Crippen molar-refractivity contribution in [3.05, 3.63) is 35.4 Å². The van der Waals surface area contributed by atoms with Gasteiger partial charge in [-0.05, 0) is 17.7 Å². The molecule has 2 heteroatoms. The summed E-state index contributed by atoms with van der Waals surface area (Å²) in [4.78, 5) is 0. The van der Waals surface area contributed by atoms with Gasteiger partial charge in [0.1, 0.15) is 5.60 Å². The van der Waals surface area contributed by atoms with Crippen LogP contribution in [0.1, 0.15) is 11.1 Å². The molecule has 0 spiro atoms. The van der Waals surface area contributed by atoms with E-state index in [-0.39, 0.29) is 0 Å². The van der Waals surface area contributed by atoms with Crippen LogP contribution in [-0.4, -0.2) is 18.3 Å². The molecule has 0 aromatic heterocycles. The number of benzene rings is 1. The van der Waals surface area contributed by atoms with Crippen molar-refractivity contribution in [2.75, 3.05) is 13.2 Å². The number of hydrogen-bond donors (Lipinski definition) is 1. The molecule has 1 heterocycles. The molecule has 0 atom stereocenters. The zero-order chi connectivity index (χ0) is 9.31. The average Bonchev–Trinajstić information content (AvgIpc) is 2.14. The van der Waals surface area contributed by atoms with E-state index in [1.54, 1.807) is 0 Å². The van der Waals surface area contributed by atoms with Gasteiger partial charge in [-0.15, -0.1) is 6.42 Å². The van der Waals surface area contributed by atoms with Gasteiger partial charge in [0.25, 0.3) is 0 Å². The zero-order valence-electron chi connectivity index (χ0n) is 7.16. The van der Waals surface area contributed by atoms with E-state index in [0.29, 0.717) is 13.2 Å². The third-order valence-corrected chi connectivity index (χ3v) is 2.27. The second kappa shape index (κ2) is 2.88. The second-order valence-electron chi connectivity index (χ2n) is 3.25. The van der Waals surface area contributed by atoms with E-state index in [1.807, 2.05) is 24.3 Å². The SMILES string of the molecule is C#Cc1ccc(C2(O)COC2)cc1. The minimum Gasteiger partial charge on any atom is -0.380 e. The molecule has 1 saturated heterocycles. The summed E-state index contributed by atoms with van der Waals surface area (Å²) in [6, 6.07) is 7.34. The summed E-state index contributed by atoms with van der Waals surface area (Å²) in [6.07, 6.45) is 5.22. The van der Waals surface area contributed by atoms with Crippen molar-refractivity contribution in [1.29, 1.82) is 0 Å². The first-order chi connectivity index (χ1) is 6.24. The van der Waals surface area contributed by atoms with Crippen molar-refractivity contribution in [2.45, 2.75) is 5.60 Å². The topological polar surface area (TPSA) is 29.5 Å². The van der Waals surface area contributed by atoms with Crippen molar-refractivity contribution in [3.63, 3.8) is 0 Å². The molecule has 1 aromatic rings. The van der Waals surface area contributed by atoms with Crippen LogP contribution >= 0.6 is 0 Å². The quantitative estimate of drug-likeness (QED) is 0.640. The molecule has 0 bridgehead atoms. The van der Waals surface area contributed by atoms with Crippen LogP contribution in [0.4, 0.5) is 0 Å². The van der Waals surface area contributed by atoms with Crippen LogP contribution in [0.2, 0.25) is 0 Å². The van der Waals surface area contributed by atoms with E-state index in [0.717, 1.165) is 11.1 Å². The van der Waals surface area contributed by atoms with Gasteiger partial charge in [-0.1, -0.05) is 18.1 Å². The molecule has 1 fully saturated rings. The Labute approximate surface area is 77.2 Å². The van der Waals surface area contributed by atoms with Crippen LogP contribution in [0.15, 0.2) is 24.3 Å². The lowest BCUT2D eigenvalue weighted by Gasteiger charge is -2.36. The molecule has 0 radical (unpaired) electrons. The highest BCUT2D eigenvalue weighted by Gasteiger charge is 2.37. The van der Waals surface area contributed by atoms with Crippen molar-refractivity contribution < 1.29 is 9.84 Å². The van der Waals surface area contributed by atoms with E-state index in [4.69, 9.17) is 11.2 Å². The van der Waals surface area contributed by atoms with E-state index in [9.17, 15) is 5.11 Å². The maximum atomic E-state index is 9.87. The van der Waals surface area contributed by atoms with Gasteiger partial charge in [0.15, 0.2) is 0 Å². The van der Waals surface area contributed by atoms with Crippen LogP contribution in [0, 0.1) is 12.3 Å². The first kappa shape index (κ1) is 8.31. The third-order valence-electron chi connectivity index (χ3n) is 2.27. The number of rotatable bonds is 1. The Morgan fingerprint density at radius 1 is 1.31 bits per heavy atom. The number of terminal acetylenes is 1.